The topological polar surface area (TPSA) is 4.93 Å². The van der Waals surface area contributed by atoms with Gasteiger partial charge in [0.15, 0.2) is 0 Å². The van der Waals surface area contributed by atoms with E-state index in [2.05, 4.69) is 48.3 Å². The van der Waals surface area contributed by atoms with E-state index in [1.807, 2.05) is 0 Å². The molecule has 0 saturated heterocycles. The Labute approximate surface area is 208 Å². The van der Waals surface area contributed by atoms with Crippen molar-refractivity contribution >= 4 is 6.20 Å². The highest BCUT2D eigenvalue weighted by Gasteiger charge is 1.96. The molecule has 0 aliphatic rings. The first-order valence-electron chi connectivity index (χ1n) is 15.2. The van der Waals surface area contributed by atoms with Gasteiger partial charge in [-0.1, -0.05) is 161 Å². The molecule has 0 amide bonds. The second kappa shape index (κ2) is 25.6. The summed E-state index contributed by atoms with van der Waals surface area (Å²) in [5.74, 6) is 0. The molecule has 0 aliphatic carbocycles. The van der Waals surface area contributed by atoms with E-state index in [9.17, 15) is 0 Å². The molecule has 1 heterocycles. The lowest BCUT2D eigenvalue weighted by Gasteiger charge is -2.04. The highest BCUT2D eigenvalue weighted by Crippen LogP contribution is 2.15. The molecule has 33 heavy (non-hydrogen) atoms. The zero-order valence-corrected chi connectivity index (χ0v) is 22.6. The lowest BCUT2D eigenvalue weighted by molar-refractivity contribution is 0.517. The molecule has 0 radical (unpaired) electrons. The second-order valence-electron chi connectivity index (χ2n) is 10.4. The van der Waals surface area contributed by atoms with Gasteiger partial charge in [0.2, 0.25) is 0 Å². The van der Waals surface area contributed by atoms with Crippen LogP contribution in [0.3, 0.4) is 0 Å². The lowest BCUT2D eigenvalue weighted by Crippen LogP contribution is -1.84. The maximum atomic E-state index is 2.30. The van der Waals surface area contributed by atoms with Crippen molar-refractivity contribution in [3.8, 4) is 0 Å². The molecule has 0 saturated carbocycles. The van der Waals surface area contributed by atoms with Crippen LogP contribution < -0.4 is 0 Å². The smallest absolute Gasteiger partial charge is 0.00823 e. The van der Waals surface area contributed by atoms with Crippen LogP contribution in [0.15, 0.2) is 30.6 Å². The highest BCUT2D eigenvalue weighted by atomic mass is 14.9. The largest absolute Gasteiger partial charge is 0.331 e. The fraction of sp³-hybridized carbons (Fsp3) is 0.812. The molecule has 0 unspecified atom stereocenters. The van der Waals surface area contributed by atoms with Crippen LogP contribution in [0.5, 0.6) is 0 Å². The SMILES string of the molecule is CCCCCCCCCCCCCCCCCCCCCCCCCCC=Cn1cccc1. The van der Waals surface area contributed by atoms with Gasteiger partial charge in [-0.05, 0) is 25.0 Å². The number of allylic oxidation sites excluding steroid dienone is 1. The van der Waals surface area contributed by atoms with Crippen LogP contribution in [0.4, 0.5) is 0 Å². The molecule has 0 fully saturated rings. The third kappa shape index (κ3) is 22.6. The Kier molecular flexibility index (Phi) is 23.3. The number of hydrogen-bond donors (Lipinski definition) is 0. The number of aromatic nitrogens is 1. The van der Waals surface area contributed by atoms with Gasteiger partial charge >= 0.3 is 0 Å². The summed E-state index contributed by atoms with van der Waals surface area (Å²) in [6.07, 6.45) is 44.9. The molecule has 0 atom stereocenters. The molecular formula is C32H59N. The summed E-state index contributed by atoms with van der Waals surface area (Å²) >= 11 is 0. The molecule has 0 aromatic carbocycles. The Bertz CT molecular complexity index is 487. The standard InChI is InChI=1S/C32H59N/c1-2-3-4-5-6-7-8-9-10-11-12-13-14-15-16-17-18-19-20-21-22-23-24-25-26-27-30-33-31-28-29-32-33/h27-32H,2-26H2,1H3. The van der Waals surface area contributed by atoms with E-state index in [0.717, 1.165) is 0 Å². The molecule has 1 aromatic heterocycles. The quantitative estimate of drug-likeness (QED) is 0.122. The Hall–Kier alpha value is -0.980. The molecule has 1 aromatic rings. The third-order valence-electron chi connectivity index (χ3n) is 7.13. The van der Waals surface area contributed by atoms with E-state index in [0.29, 0.717) is 0 Å². The Balaban J connectivity index is 1.64. The summed E-state index contributed by atoms with van der Waals surface area (Å²) < 4.78 is 2.12. The van der Waals surface area contributed by atoms with E-state index in [1.165, 1.54) is 161 Å². The van der Waals surface area contributed by atoms with Gasteiger partial charge in [-0.15, -0.1) is 0 Å². The minimum atomic E-state index is 1.22. The van der Waals surface area contributed by atoms with Crippen molar-refractivity contribution in [1.29, 1.82) is 0 Å². The minimum Gasteiger partial charge on any atom is -0.331 e. The average molecular weight is 458 g/mol. The number of rotatable bonds is 26. The summed E-state index contributed by atoms with van der Waals surface area (Å²) in [6, 6.07) is 4.15. The minimum absolute atomic E-state index is 1.22. The van der Waals surface area contributed by atoms with Crippen LogP contribution in [-0.4, -0.2) is 4.57 Å². The average Bonchev–Trinajstić information content (AvgIpc) is 3.35. The predicted octanol–water partition coefficient (Wildman–Crippen LogP) is 11.7. The monoisotopic (exact) mass is 457 g/mol. The summed E-state index contributed by atoms with van der Waals surface area (Å²) in [4.78, 5) is 0. The first-order valence-corrected chi connectivity index (χ1v) is 15.2. The fourth-order valence-corrected chi connectivity index (χ4v) is 4.87. The van der Waals surface area contributed by atoms with Crippen LogP contribution in [0.25, 0.3) is 6.20 Å². The molecular weight excluding hydrogens is 398 g/mol. The first kappa shape index (κ1) is 30.1. The van der Waals surface area contributed by atoms with Gasteiger partial charge in [0.25, 0.3) is 0 Å². The molecule has 1 nitrogen and oxygen atoms in total. The zero-order valence-electron chi connectivity index (χ0n) is 22.6. The first-order chi connectivity index (χ1) is 16.4. The van der Waals surface area contributed by atoms with Crippen molar-refractivity contribution in [2.45, 2.75) is 167 Å². The van der Waals surface area contributed by atoms with Gasteiger partial charge in [-0.3, -0.25) is 0 Å². The van der Waals surface area contributed by atoms with Crippen LogP contribution in [0.1, 0.15) is 167 Å². The van der Waals surface area contributed by atoms with Crippen LogP contribution in [0.2, 0.25) is 0 Å². The van der Waals surface area contributed by atoms with Crippen molar-refractivity contribution in [2.24, 2.45) is 0 Å². The van der Waals surface area contributed by atoms with Gasteiger partial charge in [0, 0.05) is 18.6 Å². The molecule has 0 aliphatic heterocycles. The van der Waals surface area contributed by atoms with Crippen molar-refractivity contribution in [2.75, 3.05) is 0 Å². The summed E-state index contributed by atoms with van der Waals surface area (Å²) in [6.45, 7) is 2.30. The maximum Gasteiger partial charge on any atom is 0.00823 e. The zero-order chi connectivity index (χ0) is 23.5. The fourth-order valence-electron chi connectivity index (χ4n) is 4.87. The predicted molar refractivity (Wildman–Crippen MR) is 151 cm³/mol. The third-order valence-corrected chi connectivity index (χ3v) is 7.13. The Morgan fingerprint density at radius 3 is 1.06 bits per heavy atom. The Morgan fingerprint density at radius 1 is 0.424 bits per heavy atom. The Morgan fingerprint density at radius 2 is 0.727 bits per heavy atom. The van der Waals surface area contributed by atoms with E-state index < -0.39 is 0 Å². The molecule has 192 valence electrons. The highest BCUT2D eigenvalue weighted by molar-refractivity contribution is 5.22. The molecule has 0 N–H and O–H groups in total. The van der Waals surface area contributed by atoms with Crippen LogP contribution in [0, 0.1) is 0 Å². The van der Waals surface area contributed by atoms with Crippen molar-refractivity contribution < 1.29 is 0 Å². The van der Waals surface area contributed by atoms with Gasteiger partial charge in [-0.2, -0.15) is 0 Å². The van der Waals surface area contributed by atoms with Gasteiger partial charge in [0.1, 0.15) is 0 Å². The molecule has 0 bridgehead atoms. The van der Waals surface area contributed by atoms with E-state index in [-0.39, 0.29) is 0 Å². The van der Waals surface area contributed by atoms with Crippen LogP contribution >= 0.6 is 0 Å². The van der Waals surface area contributed by atoms with Gasteiger partial charge < -0.3 is 4.57 Å². The van der Waals surface area contributed by atoms with Gasteiger partial charge in [-0.25, -0.2) is 0 Å². The second-order valence-corrected chi connectivity index (χ2v) is 10.4. The van der Waals surface area contributed by atoms with Gasteiger partial charge in [0.05, 0.1) is 0 Å². The maximum absolute atomic E-state index is 2.30. The molecule has 0 spiro atoms. The number of hydrogen-bond acceptors (Lipinski definition) is 0. The lowest BCUT2D eigenvalue weighted by atomic mass is 10.0. The summed E-state index contributed by atoms with van der Waals surface area (Å²) in [5, 5.41) is 0. The van der Waals surface area contributed by atoms with Crippen molar-refractivity contribution in [3.63, 3.8) is 0 Å². The van der Waals surface area contributed by atoms with E-state index >= 15 is 0 Å². The summed E-state index contributed by atoms with van der Waals surface area (Å²) in [5.41, 5.74) is 0. The van der Waals surface area contributed by atoms with E-state index in [4.69, 9.17) is 0 Å². The van der Waals surface area contributed by atoms with Crippen LogP contribution in [-0.2, 0) is 0 Å². The number of unbranched alkanes of at least 4 members (excludes halogenated alkanes) is 24. The van der Waals surface area contributed by atoms with E-state index in [1.54, 1.807) is 0 Å². The summed E-state index contributed by atoms with van der Waals surface area (Å²) in [7, 11) is 0. The molecule has 1 rings (SSSR count). The van der Waals surface area contributed by atoms with Crippen molar-refractivity contribution in [3.05, 3.63) is 30.6 Å². The molecule has 1 heteroatoms. The normalized spacial score (nSPS) is 11.7. The number of nitrogens with zero attached hydrogens (tertiary/aromatic N) is 1. The van der Waals surface area contributed by atoms with Crippen molar-refractivity contribution in [1.82, 2.24) is 4.57 Å².